The number of ether oxygens (including phenoxy) is 2. The molecule has 3 N–H and O–H groups in total. The lowest BCUT2D eigenvalue weighted by atomic mass is 9.95. The van der Waals surface area contributed by atoms with Gasteiger partial charge >= 0.3 is 11.9 Å². The van der Waals surface area contributed by atoms with E-state index < -0.39 is 96.1 Å². The van der Waals surface area contributed by atoms with E-state index in [9.17, 15) is 32.4 Å². The molecular formula is C25H30Cl2N4O9S2. The molecule has 0 aliphatic carbocycles. The summed E-state index contributed by atoms with van der Waals surface area (Å²) in [6.45, 7) is 5.20. The van der Waals surface area contributed by atoms with Crippen molar-refractivity contribution in [1.82, 2.24) is 15.1 Å². The third kappa shape index (κ3) is 4.64. The Bertz CT molecular complexity index is 1440. The molecule has 0 saturated carbocycles. The summed E-state index contributed by atoms with van der Waals surface area (Å²) >= 11 is 7.20. The number of halogens is 2. The first-order valence-electron chi connectivity index (χ1n) is 12.7. The number of nitrogens with two attached hydrogens (primary N) is 1. The molecule has 0 spiro atoms. The maximum Gasteiger partial charge on any atom is 0.333 e. The number of carbonyl (C=O) groups is 5. The number of nitrogens with zero attached hydrogens (tertiary/aromatic N) is 2. The van der Waals surface area contributed by atoms with Crippen molar-refractivity contribution in [3.8, 4) is 0 Å². The number of β-lactam (4-membered cyclic amide) rings is 2. The summed E-state index contributed by atoms with van der Waals surface area (Å²) in [6.07, 6.45) is 0. The van der Waals surface area contributed by atoms with Crippen molar-refractivity contribution in [2.75, 3.05) is 6.79 Å². The average Bonchev–Trinajstić information content (AvgIpc) is 3.26. The van der Waals surface area contributed by atoms with Crippen LogP contribution in [0.2, 0.25) is 0 Å². The van der Waals surface area contributed by atoms with E-state index >= 15 is 0 Å². The Morgan fingerprint density at radius 2 is 1.60 bits per heavy atom. The van der Waals surface area contributed by atoms with Crippen LogP contribution >= 0.6 is 35.8 Å². The Hall–Kier alpha value is -2.59. The summed E-state index contributed by atoms with van der Waals surface area (Å²) in [5.74, 6) is -3.65. The number of esters is 2. The van der Waals surface area contributed by atoms with Gasteiger partial charge in [0.25, 0.3) is 0 Å². The van der Waals surface area contributed by atoms with E-state index in [0.29, 0.717) is 5.56 Å². The highest BCUT2D eigenvalue weighted by molar-refractivity contribution is 8.01. The highest BCUT2D eigenvalue weighted by Crippen LogP contribution is 2.51. The molecule has 42 heavy (non-hydrogen) atoms. The fourth-order valence-electron chi connectivity index (χ4n) is 5.71. The lowest BCUT2D eigenvalue weighted by Gasteiger charge is -2.44. The van der Waals surface area contributed by atoms with Gasteiger partial charge in [-0.1, -0.05) is 30.3 Å². The van der Waals surface area contributed by atoms with Crippen molar-refractivity contribution in [3.63, 3.8) is 0 Å². The third-order valence-electron chi connectivity index (χ3n) is 8.03. The van der Waals surface area contributed by atoms with Crippen molar-refractivity contribution >= 4 is 75.3 Å². The van der Waals surface area contributed by atoms with Gasteiger partial charge in [-0.05, 0) is 33.3 Å². The van der Waals surface area contributed by atoms with Gasteiger partial charge in [-0.25, -0.2) is 18.0 Å². The van der Waals surface area contributed by atoms with Crippen molar-refractivity contribution in [3.05, 3.63) is 35.9 Å². The number of rotatable bonds is 7. The Kier molecular flexibility index (Phi) is 8.35. The molecule has 5 rings (SSSR count). The smallest absolute Gasteiger partial charge is 0.333 e. The van der Waals surface area contributed by atoms with E-state index in [1.54, 1.807) is 44.2 Å². The van der Waals surface area contributed by atoms with Crippen LogP contribution in [0.1, 0.15) is 39.3 Å². The Labute approximate surface area is 257 Å². The molecule has 7 atom stereocenters. The maximum absolute atomic E-state index is 13.1. The monoisotopic (exact) mass is 664 g/mol. The van der Waals surface area contributed by atoms with Crippen LogP contribution < -0.4 is 11.1 Å². The zero-order valence-corrected chi connectivity index (χ0v) is 26.1. The van der Waals surface area contributed by atoms with Crippen molar-refractivity contribution in [2.45, 2.75) is 77.5 Å². The van der Waals surface area contributed by atoms with Gasteiger partial charge in [0.2, 0.25) is 24.5 Å². The number of fused-ring (bicyclic) bond motifs is 2. The number of sulfone groups is 1. The lowest BCUT2D eigenvalue weighted by molar-refractivity contribution is -0.181. The minimum Gasteiger partial charge on any atom is -0.426 e. The van der Waals surface area contributed by atoms with Gasteiger partial charge in [-0.3, -0.25) is 14.4 Å². The predicted molar refractivity (Wildman–Crippen MR) is 153 cm³/mol. The van der Waals surface area contributed by atoms with E-state index in [4.69, 9.17) is 26.8 Å². The van der Waals surface area contributed by atoms with E-state index in [-0.39, 0.29) is 12.4 Å². The van der Waals surface area contributed by atoms with Gasteiger partial charge < -0.3 is 30.3 Å². The van der Waals surface area contributed by atoms with Gasteiger partial charge in [-0.2, -0.15) is 0 Å². The van der Waals surface area contributed by atoms with Crippen molar-refractivity contribution in [2.24, 2.45) is 5.73 Å². The van der Waals surface area contributed by atoms with Crippen LogP contribution in [0.3, 0.4) is 0 Å². The number of carbonyl (C=O) groups excluding carboxylic acids is 5. The number of amides is 3. The van der Waals surface area contributed by atoms with Crippen LogP contribution in [0.25, 0.3) is 0 Å². The molecule has 230 valence electrons. The van der Waals surface area contributed by atoms with Gasteiger partial charge in [0.15, 0.2) is 15.2 Å². The van der Waals surface area contributed by atoms with Crippen molar-refractivity contribution < 1.29 is 41.9 Å². The van der Waals surface area contributed by atoms with E-state index in [1.165, 1.54) is 30.5 Å². The second-order valence-electron chi connectivity index (χ2n) is 11.3. The lowest BCUT2D eigenvalue weighted by Crippen LogP contribution is -2.71. The molecule has 4 fully saturated rings. The van der Waals surface area contributed by atoms with Gasteiger partial charge in [-0.15, -0.1) is 35.8 Å². The number of benzene rings is 1. The minimum absolute atomic E-state index is 0. The first-order chi connectivity index (χ1) is 19.0. The number of alkyl halides is 1. The predicted octanol–water partition coefficient (Wildman–Crippen LogP) is 0.0505. The first-order valence-corrected chi connectivity index (χ1v) is 15.5. The molecule has 1 aromatic rings. The van der Waals surface area contributed by atoms with E-state index in [2.05, 4.69) is 5.32 Å². The molecule has 0 aromatic heterocycles. The van der Waals surface area contributed by atoms with Crippen molar-refractivity contribution in [1.29, 1.82) is 0 Å². The molecule has 2 unspecified atom stereocenters. The van der Waals surface area contributed by atoms with Crippen LogP contribution in [0.15, 0.2) is 30.3 Å². The van der Waals surface area contributed by atoms with Crippen LogP contribution in [-0.4, -0.2) is 98.4 Å². The quantitative estimate of drug-likeness (QED) is 0.174. The summed E-state index contributed by atoms with van der Waals surface area (Å²) in [6, 6.07) is 4.28. The highest BCUT2D eigenvalue weighted by atomic mass is 35.5. The van der Waals surface area contributed by atoms with Crippen LogP contribution in [0.5, 0.6) is 0 Å². The number of hydrogen-bond acceptors (Lipinski definition) is 11. The largest absolute Gasteiger partial charge is 0.426 e. The highest BCUT2D eigenvalue weighted by Gasteiger charge is 2.72. The fourth-order valence-corrected chi connectivity index (χ4v) is 10.1. The molecule has 17 heteroatoms. The van der Waals surface area contributed by atoms with Crippen LogP contribution in [-0.2, 0) is 43.3 Å². The van der Waals surface area contributed by atoms with Crippen LogP contribution in [0.4, 0.5) is 0 Å². The second-order valence-corrected chi connectivity index (χ2v) is 16.1. The topological polar surface area (TPSA) is 182 Å². The van der Waals surface area contributed by atoms with E-state index in [1.807, 2.05) is 0 Å². The van der Waals surface area contributed by atoms with Gasteiger partial charge in [0, 0.05) is 4.75 Å². The van der Waals surface area contributed by atoms with Gasteiger partial charge in [0.1, 0.15) is 39.7 Å². The molecule has 0 bridgehead atoms. The molecule has 13 nitrogen and oxygen atoms in total. The Balaban J connectivity index is 0.00000405. The average molecular weight is 666 g/mol. The van der Waals surface area contributed by atoms with Gasteiger partial charge in [0.05, 0.1) is 0 Å². The first kappa shape index (κ1) is 32.3. The summed E-state index contributed by atoms with van der Waals surface area (Å²) in [5.41, 5.74) is 6.63. The summed E-state index contributed by atoms with van der Waals surface area (Å²) in [5, 5.41) is -0.511. The summed E-state index contributed by atoms with van der Waals surface area (Å²) in [4.78, 5) is 66.1. The molecule has 4 saturated heterocycles. The summed E-state index contributed by atoms with van der Waals surface area (Å²) in [7, 11) is -3.98. The molecule has 4 aliphatic rings. The number of nitrogens with one attached hydrogen (secondary N) is 1. The zero-order valence-electron chi connectivity index (χ0n) is 22.9. The molecule has 4 heterocycles. The SMILES string of the molecule is CC1(C)S[C@@H]2C(NC(=O)C(N)c3ccccc3)C(=O)N2[C@H]1C(=O)OCOC(=O)[C@@H]1N2C(=O)[C@H](Cl)[C@H]2S(=O)(=O)C1(C)C.Cl. The normalized spacial score (nSPS) is 31.9. The zero-order chi connectivity index (χ0) is 30.2. The third-order valence-corrected chi connectivity index (χ3v) is 13.0. The molecule has 4 aliphatic heterocycles. The Morgan fingerprint density at radius 3 is 2.19 bits per heavy atom. The number of thioether (sulfide) groups is 1. The molecule has 0 radical (unpaired) electrons. The second kappa shape index (κ2) is 10.8. The Morgan fingerprint density at radius 1 is 1.02 bits per heavy atom. The molecule has 3 amide bonds. The number of hydrogen-bond donors (Lipinski definition) is 2. The molecular weight excluding hydrogens is 635 g/mol. The van der Waals surface area contributed by atoms with E-state index in [0.717, 1.165) is 4.90 Å². The standard InChI is InChI=1S/C25H29ClN4O9S2.ClH/c1-24(2)15(29-19(33)14(20(29)40-24)28-17(31)13(27)11-8-6-5-7-9-11)22(34)38-10-39-23(35)16-25(3,4)41(36,37)21-12(26)18(32)30(16)21;/h5-9,12-16,20-21H,10,27H2,1-4H3,(H,28,31);1H/t12-,13?,14?,15-,16-,20+,21+;/m0./s1. The van der Waals surface area contributed by atoms with Crippen LogP contribution in [0, 0.1) is 0 Å². The minimum atomic E-state index is -3.98. The maximum atomic E-state index is 13.1. The summed E-state index contributed by atoms with van der Waals surface area (Å²) < 4.78 is 33.4. The fraction of sp³-hybridized carbons (Fsp3) is 0.560. The molecule has 1 aromatic carbocycles.